The molecule has 2 aliphatic rings. The number of nitrogens with one attached hydrogen (secondary N) is 2. The van der Waals surface area contributed by atoms with Crippen LogP contribution in [0.1, 0.15) is 49.5 Å². The maximum Gasteiger partial charge on any atom is 0.355 e. The molecule has 0 aliphatic carbocycles. The lowest BCUT2D eigenvalue weighted by Gasteiger charge is -2.49. The number of thiazole rings is 2. The number of amides is 2. The maximum atomic E-state index is 15.4. The summed E-state index contributed by atoms with van der Waals surface area (Å²) < 4.78 is 11.2. The first-order chi connectivity index (χ1) is 38.8. The van der Waals surface area contributed by atoms with Crippen molar-refractivity contribution in [3.05, 3.63) is 289 Å². The summed E-state index contributed by atoms with van der Waals surface area (Å²) in [4.78, 5) is 62.8. The summed E-state index contributed by atoms with van der Waals surface area (Å²) in [7, 11) is 1.57. The number of oxime groups is 1. The van der Waals surface area contributed by atoms with Crippen molar-refractivity contribution in [2.75, 3.05) is 18.2 Å². The highest BCUT2D eigenvalue weighted by Crippen LogP contribution is 2.44. The van der Waals surface area contributed by atoms with Gasteiger partial charge in [0.25, 0.3) is 11.8 Å². The van der Waals surface area contributed by atoms with Crippen molar-refractivity contribution in [2.45, 2.75) is 29.2 Å². The first-order valence-corrected chi connectivity index (χ1v) is 28.3. The van der Waals surface area contributed by atoms with Gasteiger partial charge in [0.2, 0.25) is 5.60 Å². The number of fused-ring (bicyclic) bond motifs is 1. The molecule has 2 atom stereocenters. The number of nitrogens with zero attached hydrogens (tertiary/aromatic N) is 4. The van der Waals surface area contributed by atoms with Crippen molar-refractivity contribution in [1.29, 1.82) is 0 Å². The molecule has 1 saturated heterocycles. The maximum absolute atomic E-state index is 15.4. The van der Waals surface area contributed by atoms with Gasteiger partial charge in [0.1, 0.15) is 45.9 Å². The quantitative estimate of drug-likeness (QED) is 0.0264. The highest BCUT2D eigenvalue weighted by atomic mass is 35.5. The number of hydrogen-bond acceptors (Lipinski definition) is 13. The zero-order chi connectivity index (χ0) is 54.2. The van der Waals surface area contributed by atoms with E-state index < -0.39 is 40.3 Å². The molecular formula is C63H49ClN6O6S3. The lowest BCUT2D eigenvalue weighted by molar-refractivity contribution is -0.153. The lowest BCUT2D eigenvalue weighted by atomic mass is 9.77. The molecule has 4 heterocycles. The van der Waals surface area contributed by atoms with Crippen molar-refractivity contribution in [3.8, 4) is 5.75 Å². The third-order valence-electron chi connectivity index (χ3n) is 13.7. The summed E-state index contributed by atoms with van der Waals surface area (Å²) in [6.45, 7) is -0.0616. The number of anilines is 1. The molecular weight excluding hydrogens is 1070 g/mol. The first-order valence-electron chi connectivity index (χ1n) is 25.2. The average molecular weight is 1120 g/mol. The smallest absolute Gasteiger partial charge is 0.355 e. The molecule has 11 rings (SSSR count). The molecule has 12 nitrogen and oxygen atoms in total. The van der Waals surface area contributed by atoms with Crippen molar-refractivity contribution >= 4 is 80.7 Å². The van der Waals surface area contributed by atoms with E-state index in [0.717, 1.165) is 38.9 Å². The summed E-state index contributed by atoms with van der Waals surface area (Å²) in [5.74, 6) is -0.994. The third kappa shape index (κ3) is 10.6. The van der Waals surface area contributed by atoms with Gasteiger partial charge in [-0.15, -0.1) is 34.4 Å². The summed E-state index contributed by atoms with van der Waals surface area (Å²) in [5.41, 5.74) is 5.75. The van der Waals surface area contributed by atoms with Gasteiger partial charge in [-0.3, -0.25) is 14.5 Å². The fourth-order valence-corrected chi connectivity index (χ4v) is 12.8. The van der Waals surface area contributed by atoms with Gasteiger partial charge in [0, 0.05) is 27.8 Å². The van der Waals surface area contributed by atoms with Crippen LogP contribution in [-0.4, -0.2) is 62.6 Å². The summed E-state index contributed by atoms with van der Waals surface area (Å²) in [6, 6.07) is 65.6. The number of thioether (sulfide) groups is 1. The van der Waals surface area contributed by atoms with Crippen molar-refractivity contribution in [1.82, 2.24) is 20.2 Å². The molecule has 0 radical (unpaired) electrons. The van der Waals surface area contributed by atoms with Gasteiger partial charge in [0.15, 0.2) is 10.8 Å². The zero-order valence-electron chi connectivity index (χ0n) is 42.3. The van der Waals surface area contributed by atoms with Crippen LogP contribution in [0, 0.1) is 0 Å². The van der Waals surface area contributed by atoms with Gasteiger partial charge in [-0.1, -0.05) is 217 Å². The molecule has 2 amide bonds. The van der Waals surface area contributed by atoms with E-state index in [1.807, 2.05) is 146 Å². The molecule has 9 aromatic rings. The monoisotopic (exact) mass is 1120 g/mol. The molecule has 392 valence electrons. The number of aromatic nitrogens is 2. The Hall–Kier alpha value is -8.60. The largest absolute Gasteiger partial charge is 0.497 e. The fourth-order valence-electron chi connectivity index (χ4n) is 9.81. The molecule has 0 spiro atoms. The van der Waals surface area contributed by atoms with Crippen molar-refractivity contribution in [2.24, 2.45) is 5.16 Å². The van der Waals surface area contributed by atoms with Crippen LogP contribution in [0.5, 0.6) is 5.75 Å². The second-order valence-electron chi connectivity index (χ2n) is 18.3. The number of carbonyl (C=O) groups excluding carboxylic acids is 3. The summed E-state index contributed by atoms with van der Waals surface area (Å²) in [6.07, 6.45) is 3.52. The van der Waals surface area contributed by atoms with Crippen LogP contribution >= 0.6 is 46.0 Å². The molecule has 2 aromatic heterocycles. The number of carbonyl (C=O) groups is 3. The molecule has 2 aliphatic heterocycles. The van der Waals surface area contributed by atoms with E-state index in [-0.39, 0.29) is 23.7 Å². The lowest BCUT2D eigenvalue weighted by Crippen LogP contribution is -2.71. The topological polar surface area (TPSA) is 144 Å². The highest BCUT2D eigenvalue weighted by molar-refractivity contribution is 8.00. The normalized spacial score (nSPS) is 15.5. The SMILES string of the molecule is COc1ccc(COC(=O)C2=C(/C=C/c3scnc3Cl)CSC3C(NC(=O)/C(=N\OC(c4ccccc4)(c4ccccc4)c4ccccc4)c4csc(NC(c5ccccc5)(c5ccccc5)c5ccccc5)n4)C(=O)N23)cc1. The number of halogens is 1. The van der Waals surface area contributed by atoms with Crippen LogP contribution in [0.4, 0.5) is 5.13 Å². The van der Waals surface area contributed by atoms with Gasteiger partial charge in [-0.25, -0.2) is 14.8 Å². The van der Waals surface area contributed by atoms with E-state index in [0.29, 0.717) is 32.2 Å². The number of methoxy groups -OCH3 is 1. The Balaban J connectivity index is 0.982. The molecule has 0 bridgehead atoms. The van der Waals surface area contributed by atoms with Crippen LogP contribution in [0.15, 0.2) is 240 Å². The van der Waals surface area contributed by atoms with Gasteiger partial charge >= 0.3 is 5.97 Å². The van der Waals surface area contributed by atoms with Gasteiger partial charge in [-0.2, -0.15) is 0 Å². The van der Waals surface area contributed by atoms with E-state index >= 15 is 4.79 Å². The fraction of sp³-hybridized carbons (Fsp3) is 0.111. The molecule has 1 fully saturated rings. The molecule has 7 aromatic carbocycles. The second-order valence-corrected chi connectivity index (χ2v) is 21.5. The van der Waals surface area contributed by atoms with Gasteiger partial charge in [0.05, 0.1) is 17.5 Å². The Bertz CT molecular complexity index is 3490. The summed E-state index contributed by atoms with van der Waals surface area (Å²) >= 11 is 10.4. The van der Waals surface area contributed by atoms with Crippen LogP contribution in [-0.2, 0) is 41.7 Å². The third-order valence-corrected chi connectivity index (χ3v) is 17.0. The second kappa shape index (κ2) is 23.6. The number of rotatable bonds is 19. The number of allylic oxidation sites excluding steroid dienone is 1. The number of hydrogen-bond donors (Lipinski definition) is 2. The van der Waals surface area contributed by atoms with Crippen LogP contribution in [0.25, 0.3) is 6.08 Å². The van der Waals surface area contributed by atoms with Crippen LogP contribution < -0.4 is 15.4 Å². The predicted molar refractivity (Wildman–Crippen MR) is 313 cm³/mol. The van der Waals surface area contributed by atoms with Gasteiger partial charge < -0.3 is 24.9 Å². The van der Waals surface area contributed by atoms with Gasteiger partial charge in [-0.05, 0) is 46.0 Å². The van der Waals surface area contributed by atoms with Crippen LogP contribution in [0.3, 0.4) is 0 Å². The predicted octanol–water partition coefficient (Wildman–Crippen LogP) is 12.5. The van der Waals surface area contributed by atoms with Crippen molar-refractivity contribution in [3.63, 3.8) is 0 Å². The number of β-lactam (4-membered cyclic amide) rings is 1. The minimum absolute atomic E-state index is 0.0616. The Morgan fingerprint density at radius 2 is 1.23 bits per heavy atom. The molecule has 2 unspecified atom stereocenters. The minimum Gasteiger partial charge on any atom is -0.497 e. The average Bonchev–Trinajstić information content (AvgIpc) is 4.30. The number of benzene rings is 7. The van der Waals surface area contributed by atoms with Crippen molar-refractivity contribution < 1.29 is 28.7 Å². The van der Waals surface area contributed by atoms with E-state index in [4.69, 9.17) is 36.1 Å². The molecule has 2 N–H and O–H groups in total. The highest BCUT2D eigenvalue weighted by Gasteiger charge is 2.55. The molecule has 79 heavy (non-hydrogen) atoms. The standard InChI is InChI=1S/C63H49ClN6O6S3/c1-74-50-35-32-42(33-36-50)38-75-60(73)55-43(34-37-52-56(64)65-41-79-52)39-77-59-54(58(72)70(55)59)67-57(71)53(69-76-63(47-26-14-5-15-27-47,48-28-16-6-17-29-48)49-30-18-7-19-31-49)51-40-78-61(66-51)68-62(44-20-8-2-9-21-44,45-22-10-3-11-23-45)46-24-12-4-13-25-46/h2-37,40-41,54,59H,38-39H2,1H3,(H,66,68)(H,67,71)/b37-34+,69-53-. The minimum atomic E-state index is -1.38. The van der Waals surface area contributed by atoms with E-state index in [1.54, 1.807) is 54.4 Å². The zero-order valence-corrected chi connectivity index (χ0v) is 45.6. The van der Waals surface area contributed by atoms with E-state index in [9.17, 15) is 9.59 Å². The Morgan fingerprint density at radius 3 is 1.72 bits per heavy atom. The molecule has 0 saturated carbocycles. The van der Waals surface area contributed by atoms with E-state index in [2.05, 4.69) is 52.0 Å². The Morgan fingerprint density at radius 1 is 0.709 bits per heavy atom. The Kier molecular flexibility index (Phi) is 15.6. The Labute approximate surface area is 474 Å². The molecule has 16 heteroatoms. The van der Waals surface area contributed by atoms with E-state index in [1.165, 1.54) is 39.3 Å². The van der Waals surface area contributed by atoms with Crippen LogP contribution in [0.2, 0.25) is 5.15 Å². The first kappa shape index (κ1) is 52.5. The summed E-state index contributed by atoms with van der Waals surface area (Å²) in [5, 5.41) is 13.6. The number of ether oxygens (including phenoxy) is 2. The number of esters is 1.